The van der Waals surface area contributed by atoms with Crippen molar-refractivity contribution in [3.05, 3.63) is 35.9 Å². The number of nitrogens with zero attached hydrogens (tertiary/aromatic N) is 1. The summed E-state index contributed by atoms with van der Waals surface area (Å²) < 4.78 is 0. The van der Waals surface area contributed by atoms with Crippen LogP contribution in [0.25, 0.3) is 0 Å². The molecule has 1 fully saturated rings. The number of nitrogens with two attached hydrogens (primary N) is 1. The Morgan fingerprint density at radius 1 is 1.28 bits per heavy atom. The van der Waals surface area contributed by atoms with Crippen molar-refractivity contribution in [2.75, 3.05) is 13.1 Å². The highest BCUT2D eigenvalue weighted by Gasteiger charge is 2.29. The van der Waals surface area contributed by atoms with Crippen molar-refractivity contribution >= 4 is 5.91 Å². The first-order chi connectivity index (χ1) is 8.68. The first-order valence-corrected chi connectivity index (χ1v) is 6.45. The van der Waals surface area contributed by atoms with Gasteiger partial charge in [0.15, 0.2) is 0 Å². The zero-order valence-corrected chi connectivity index (χ0v) is 10.5. The third-order valence-corrected chi connectivity index (χ3v) is 3.39. The molecule has 98 valence electrons. The van der Waals surface area contributed by atoms with Gasteiger partial charge in [-0.2, -0.15) is 0 Å². The molecule has 0 saturated carbocycles. The summed E-state index contributed by atoms with van der Waals surface area (Å²) in [5.74, 6) is -0.226. The number of aliphatic hydroxyl groups excluding tert-OH is 1. The van der Waals surface area contributed by atoms with Gasteiger partial charge in [-0.3, -0.25) is 4.79 Å². The molecule has 0 aliphatic carbocycles. The van der Waals surface area contributed by atoms with Gasteiger partial charge >= 0.3 is 0 Å². The van der Waals surface area contributed by atoms with Gasteiger partial charge in [0.25, 0.3) is 5.91 Å². The molecule has 18 heavy (non-hydrogen) atoms. The van der Waals surface area contributed by atoms with Crippen LogP contribution in [-0.2, 0) is 11.2 Å². The maximum atomic E-state index is 12.0. The van der Waals surface area contributed by atoms with Crippen molar-refractivity contribution in [2.45, 2.75) is 31.4 Å². The number of aliphatic hydroxyl groups is 1. The van der Waals surface area contributed by atoms with Gasteiger partial charge in [-0.25, -0.2) is 0 Å². The highest BCUT2D eigenvalue weighted by molar-refractivity contribution is 5.81. The Hall–Kier alpha value is -1.39. The Labute approximate surface area is 107 Å². The lowest BCUT2D eigenvalue weighted by Gasteiger charge is -2.23. The van der Waals surface area contributed by atoms with E-state index in [4.69, 9.17) is 5.73 Å². The number of rotatable bonds is 4. The van der Waals surface area contributed by atoms with E-state index in [0.717, 1.165) is 31.5 Å². The molecule has 0 aromatic heterocycles. The number of likely N-dealkylation sites (tertiary alicyclic amines) is 1. The fourth-order valence-corrected chi connectivity index (χ4v) is 2.31. The fourth-order valence-electron chi connectivity index (χ4n) is 2.31. The Morgan fingerprint density at radius 3 is 2.50 bits per heavy atom. The zero-order chi connectivity index (χ0) is 13.0. The van der Waals surface area contributed by atoms with Gasteiger partial charge in [-0.1, -0.05) is 30.3 Å². The average Bonchev–Trinajstić information content (AvgIpc) is 2.92. The van der Waals surface area contributed by atoms with Gasteiger partial charge in [0.2, 0.25) is 0 Å². The van der Waals surface area contributed by atoms with Gasteiger partial charge in [-0.15, -0.1) is 0 Å². The minimum Gasteiger partial charge on any atom is -0.382 e. The molecule has 4 nitrogen and oxygen atoms in total. The number of amides is 1. The molecule has 3 N–H and O–H groups in total. The summed E-state index contributed by atoms with van der Waals surface area (Å²) in [5.41, 5.74) is 6.96. The highest BCUT2D eigenvalue weighted by Crippen LogP contribution is 2.12. The van der Waals surface area contributed by atoms with Crippen molar-refractivity contribution in [3.63, 3.8) is 0 Å². The van der Waals surface area contributed by atoms with Crippen LogP contribution in [0.4, 0.5) is 0 Å². The van der Waals surface area contributed by atoms with E-state index in [9.17, 15) is 9.90 Å². The van der Waals surface area contributed by atoms with Crippen LogP contribution < -0.4 is 5.73 Å². The van der Waals surface area contributed by atoms with E-state index in [1.807, 2.05) is 30.3 Å². The minimum atomic E-state index is -1.09. The largest absolute Gasteiger partial charge is 0.382 e. The first kappa shape index (κ1) is 13.1. The standard InChI is InChI=1S/C14H20N2O2/c15-12(10-11-6-2-1-3-7-11)13(17)14(18)16-8-4-5-9-16/h1-3,6-7,12-13,17H,4-5,8-10,15H2/t12-,13-/m0/s1. The lowest BCUT2D eigenvalue weighted by atomic mass is 10.0. The lowest BCUT2D eigenvalue weighted by molar-refractivity contribution is -0.140. The average molecular weight is 248 g/mol. The predicted molar refractivity (Wildman–Crippen MR) is 69.9 cm³/mol. The van der Waals surface area contributed by atoms with Crippen LogP contribution in [-0.4, -0.2) is 41.1 Å². The van der Waals surface area contributed by atoms with Gasteiger partial charge in [0.05, 0.1) is 0 Å². The summed E-state index contributed by atoms with van der Waals surface area (Å²) >= 11 is 0. The van der Waals surface area contributed by atoms with Crippen LogP contribution in [0.2, 0.25) is 0 Å². The molecular formula is C14H20N2O2. The number of carbonyl (C=O) groups excluding carboxylic acids is 1. The molecule has 1 heterocycles. The first-order valence-electron chi connectivity index (χ1n) is 6.45. The summed E-state index contributed by atoms with van der Waals surface area (Å²) in [6.07, 6.45) is 1.46. The summed E-state index contributed by atoms with van der Waals surface area (Å²) in [4.78, 5) is 13.7. The number of hydrogen-bond acceptors (Lipinski definition) is 3. The Balaban J connectivity index is 1.91. The normalized spacial score (nSPS) is 18.7. The second-order valence-corrected chi connectivity index (χ2v) is 4.83. The number of carbonyl (C=O) groups is 1. The molecule has 1 amide bonds. The van der Waals surface area contributed by atoms with Crippen LogP contribution in [0.3, 0.4) is 0 Å². The van der Waals surface area contributed by atoms with Gasteiger partial charge < -0.3 is 15.7 Å². The molecule has 1 aromatic carbocycles. The van der Waals surface area contributed by atoms with Gasteiger partial charge in [0.1, 0.15) is 6.10 Å². The van der Waals surface area contributed by atoms with E-state index in [2.05, 4.69) is 0 Å². The fraction of sp³-hybridized carbons (Fsp3) is 0.500. The summed E-state index contributed by atoms with van der Waals surface area (Å²) in [7, 11) is 0. The monoisotopic (exact) mass is 248 g/mol. The molecule has 0 radical (unpaired) electrons. The summed E-state index contributed by atoms with van der Waals surface area (Å²) in [6.45, 7) is 1.49. The zero-order valence-electron chi connectivity index (χ0n) is 10.5. The third-order valence-electron chi connectivity index (χ3n) is 3.39. The molecule has 1 aromatic rings. The number of hydrogen-bond donors (Lipinski definition) is 2. The molecular weight excluding hydrogens is 228 g/mol. The maximum absolute atomic E-state index is 12.0. The van der Waals surface area contributed by atoms with E-state index in [0.29, 0.717) is 6.42 Å². The smallest absolute Gasteiger partial charge is 0.253 e. The maximum Gasteiger partial charge on any atom is 0.253 e. The van der Waals surface area contributed by atoms with E-state index < -0.39 is 12.1 Å². The van der Waals surface area contributed by atoms with Crippen LogP contribution in [0.1, 0.15) is 18.4 Å². The molecule has 2 atom stereocenters. The van der Waals surface area contributed by atoms with E-state index in [-0.39, 0.29) is 5.91 Å². The Morgan fingerprint density at radius 2 is 1.89 bits per heavy atom. The second kappa shape index (κ2) is 5.98. The SMILES string of the molecule is N[C@@H](Cc1ccccc1)[C@H](O)C(=O)N1CCCC1. The van der Waals surface area contributed by atoms with E-state index in [1.54, 1.807) is 4.90 Å². The molecule has 1 saturated heterocycles. The lowest BCUT2D eigenvalue weighted by Crippen LogP contribution is -2.48. The topological polar surface area (TPSA) is 66.6 Å². The second-order valence-electron chi connectivity index (χ2n) is 4.83. The molecule has 0 bridgehead atoms. The van der Waals surface area contributed by atoms with Crippen LogP contribution in [0.5, 0.6) is 0 Å². The number of benzene rings is 1. The molecule has 2 rings (SSSR count). The van der Waals surface area contributed by atoms with Crippen molar-refractivity contribution in [2.24, 2.45) is 5.73 Å². The molecule has 1 aliphatic rings. The Kier molecular flexibility index (Phi) is 4.33. The molecule has 1 aliphatic heterocycles. The molecule has 0 unspecified atom stereocenters. The minimum absolute atomic E-state index is 0.226. The van der Waals surface area contributed by atoms with E-state index in [1.165, 1.54) is 0 Å². The molecule has 4 heteroatoms. The summed E-state index contributed by atoms with van der Waals surface area (Å²) in [5, 5.41) is 9.99. The quantitative estimate of drug-likeness (QED) is 0.817. The van der Waals surface area contributed by atoms with Crippen molar-refractivity contribution in [3.8, 4) is 0 Å². The van der Waals surface area contributed by atoms with Gasteiger partial charge in [0, 0.05) is 19.1 Å². The van der Waals surface area contributed by atoms with Gasteiger partial charge in [-0.05, 0) is 24.8 Å². The van der Waals surface area contributed by atoms with Crippen LogP contribution >= 0.6 is 0 Å². The third kappa shape index (κ3) is 3.09. The van der Waals surface area contributed by atoms with Crippen LogP contribution in [0.15, 0.2) is 30.3 Å². The molecule has 0 spiro atoms. The Bertz CT molecular complexity index is 388. The van der Waals surface area contributed by atoms with Crippen LogP contribution in [0, 0.1) is 0 Å². The van der Waals surface area contributed by atoms with Crippen molar-refractivity contribution < 1.29 is 9.90 Å². The van der Waals surface area contributed by atoms with Crippen molar-refractivity contribution in [1.82, 2.24) is 4.90 Å². The summed E-state index contributed by atoms with van der Waals surface area (Å²) in [6, 6.07) is 9.15. The highest BCUT2D eigenvalue weighted by atomic mass is 16.3. The predicted octanol–water partition coefficient (Wildman–Crippen LogP) is 0.540. The van der Waals surface area contributed by atoms with E-state index >= 15 is 0 Å². The van der Waals surface area contributed by atoms with Crippen molar-refractivity contribution in [1.29, 1.82) is 0 Å².